The molecule has 0 radical (unpaired) electrons. The van der Waals surface area contributed by atoms with Gasteiger partial charge in [-0.1, -0.05) is 25.4 Å². The second-order valence-corrected chi connectivity index (χ2v) is 5.44. The van der Waals surface area contributed by atoms with Gasteiger partial charge in [0.25, 0.3) is 0 Å². The molecule has 0 atom stereocenters. The summed E-state index contributed by atoms with van der Waals surface area (Å²) in [6.07, 6.45) is 1.15. The van der Waals surface area contributed by atoms with E-state index < -0.39 is 0 Å². The van der Waals surface area contributed by atoms with Crippen LogP contribution in [0.15, 0.2) is 24.3 Å². The molecule has 0 spiro atoms. The van der Waals surface area contributed by atoms with Gasteiger partial charge in [-0.15, -0.1) is 0 Å². The van der Waals surface area contributed by atoms with Crippen LogP contribution in [0.1, 0.15) is 20.3 Å². The van der Waals surface area contributed by atoms with Crippen molar-refractivity contribution in [1.82, 2.24) is 10.6 Å². The van der Waals surface area contributed by atoms with Crippen molar-refractivity contribution in [2.24, 2.45) is 5.92 Å². The molecule has 1 rings (SSSR count). The van der Waals surface area contributed by atoms with E-state index in [1.165, 1.54) is 0 Å². The van der Waals surface area contributed by atoms with Crippen molar-refractivity contribution in [3.8, 4) is 5.75 Å². The Morgan fingerprint density at radius 3 is 2.42 bits per heavy atom. The van der Waals surface area contributed by atoms with E-state index in [1.54, 1.807) is 0 Å². The third kappa shape index (κ3) is 8.87. The first-order valence-corrected chi connectivity index (χ1v) is 7.36. The van der Waals surface area contributed by atoms with Gasteiger partial charge in [-0.3, -0.25) is 0 Å². The van der Waals surface area contributed by atoms with Crippen LogP contribution in [0.5, 0.6) is 5.75 Å². The lowest BCUT2D eigenvalue weighted by atomic mass is 10.2. The van der Waals surface area contributed by atoms with Crippen molar-refractivity contribution in [2.75, 3.05) is 32.8 Å². The lowest BCUT2D eigenvalue weighted by molar-refractivity contribution is 0.313. The lowest BCUT2D eigenvalue weighted by Crippen LogP contribution is -2.27. The Labute approximate surface area is 121 Å². The Morgan fingerprint density at radius 1 is 1.05 bits per heavy atom. The van der Waals surface area contributed by atoms with Gasteiger partial charge in [-0.05, 0) is 56.2 Å². The third-order valence-electron chi connectivity index (χ3n) is 2.62. The zero-order valence-electron chi connectivity index (χ0n) is 11.9. The first kappa shape index (κ1) is 16.3. The van der Waals surface area contributed by atoms with E-state index in [1.807, 2.05) is 24.3 Å². The summed E-state index contributed by atoms with van der Waals surface area (Å²) in [5, 5.41) is 7.52. The highest BCUT2D eigenvalue weighted by Gasteiger charge is 1.95. The van der Waals surface area contributed by atoms with Crippen molar-refractivity contribution in [3.63, 3.8) is 0 Å². The van der Waals surface area contributed by atoms with Gasteiger partial charge in [-0.25, -0.2) is 0 Å². The van der Waals surface area contributed by atoms with E-state index in [4.69, 9.17) is 16.3 Å². The number of benzene rings is 1. The molecule has 0 unspecified atom stereocenters. The molecule has 0 aliphatic heterocycles. The smallest absolute Gasteiger partial charge is 0.119 e. The van der Waals surface area contributed by atoms with Crippen LogP contribution in [0.25, 0.3) is 0 Å². The SMILES string of the molecule is CC(C)CNCCCNCCOc1ccc(Cl)cc1. The van der Waals surface area contributed by atoms with Crippen molar-refractivity contribution >= 4 is 11.6 Å². The van der Waals surface area contributed by atoms with E-state index in [0.717, 1.165) is 49.3 Å². The van der Waals surface area contributed by atoms with Crippen molar-refractivity contribution in [3.05, 3.63) is 29.3 Å². The molecule has 0 aliphatic carbocycles. The number of hydrogen-bond donors (Lipinski definition) is 2. The standard InChI is InChI=1S/C15H25ClN2O/c1-13(2)12-18-9-3-8-17-10-11-19-15-6-4-14(16)5-7-15/h4-7,13,17-18H,3,8-12H2,1-2H3. The Hall–Kier alpha value is -0.770. The Morgan fingerprint density at radius 2 is 1.74 bits per heavy atom. The van der Waals surface area contributed by atoms with Crippen LogP contribution < -0.4 is 15.4 Å². The minimum absolute atomic E-state index is 0.682. The van der Waals surface area contributed by atoms with Crippen molar-refractivity contribution < 1.29 is 4.74 Å². The molecular weight excluding hydrogens is 260 g/mol. The Kier molecular flexibility index (Phi) is 8.63. The summed E-state index contributed by atoms with van der Waals surface area (Å²) < 4.78 is 5.58. The van der Waals surface area contributed by atoms with Gasteiger partial charge in [0.05, 0.1) is 0 Å². The van der Waals surface area contributed by atoms with E-state index in [-0.39, 0.29) is 0 Å². The lowest BCUT2D eigenvalue weighted by Gasteiger charge is -2.09. The molecule has 0 saturated carbocycles. The second kappa shape index (κ2) is 10.1. The zero-order valence-corrected chi connectivity index (χ0v) is 12.7. The topological polar surface area (TPSA) is 33.3 Å². The van der Waals surface area contributed by atoms with Gasteiger partial charge in [0, 0.05) is 11.6 Å². The van der Waals surface area contributed by atoms with Crippen LogP contribution in [0.2, 0.25) is 5.02 Å². The molecule has 2 N–H and O–H groups in total. The van der Waals surface area contributed by atoms with Gasteiger partial charge in [0.2, 0.25) is 0 Å². The van der Waals surface area contributed by atoms with Crippen LogP contribution in [0, 0.1) is 5.92 Å². The van der Waals surface area contributed by atoms with Crippen LogP contribution in [0.3, 0.4) is 0 Å². The van der Waals surface area contributed by atoms with Gasteiger partial charge in [-0.2, -0.15) is 0 Å². The van der Waals surface area contributed by atoms with E-state index in [0.29, 0.717) is 6.61 Å². The van der Waals surface area contributed by atoms with Crippen LogP contribution in [-0.2, 0) is 0 Å². The highest BCUT2D eigenvalue weighted by molar-refractivity contribution is 6.30. The van der Waals surface area contributed by atoms with E-state index in [9.17, 15) is 0 Å². The van der Waals surface area contributed by atoms with Gasteiger partial charge in [0.1, 0.15) is 12.4 Å². The maximum Gasteiger partial charge on any atom is 0.119 e. The quantitative estimate of drug-likeness (QED) is 0.648. The number of ether oxygens (including phenoxy) is 1. The zero-order chi connectivity index (χ0) is 13.9. The molecule has 3 nitrogen and oxygen atoms in total. The minimum Gasteiger partial charge on any atom is -0.492 e. The highest BCUT2D eigenvalue weighted by atomic mass is 35.5. The van der Waals surface area contributed by atoms with Crippen LogP contribution >= 0.6 is 11.6 Å². The fraction of sp³-hybridized carbons (Fsp3) is 0.600. The van der Waals surface area contributed by atoms with Crippen molar-refractivity contribution in [2.45, 2.75) is 20.3 Å². The molecule has 0 aromatic heterocycles. The summed E-state index contributed by atoms with van der Waals surface area (Å²) >= 11 is 5.80. The average molecular weight is 285 g/mol. The molecule has 0 fully saturated rings. The molecule has 0 saturated heterocycles. The predicted octanol–water partition coefficient (Wildman–Crippen LogP) is 2.94. The molecular formula is C15H25ClN2O. The number of rotatable bonds is 10. The number of nitrogens with one attached hydrogen (secondary N) is 2. The fourth-order valence-electron chi connectivity index (χ4n) is 1.63. The third-order valence-corrected chi connectivity index (χ3v) is 2.87. The maximum atomic E-state index is 5.80. The van der Waals surface area contributed by atoms with Crippen LogP contribution in [-0.4, -0.2) is 32.8 Å². The Bertz CT molecular complexity index is 327. The predicted molar refractivity (Wildman–Crippen MR) is 82.1 cm³/mol. The highest BCUT2D eigenvalue weighted by Crippen LogP contribution is 2.14. The summed E-state index contributed by atoms with van der Waals surface area (Å²) in [4.78, 5) is 0. The summed E-state index contributed by atoms with van der Waals surface area (Å²) in [7, 11) is 0. The van der Waals surface area contributed by atoms with Gasteiger partial charge in [0.15, 0.2) is 0 Å². The minimum atomic E-state index is 0.682. The normalized spacial score (nSPS) is 10.9. The summed E-state index contributed by atoms with van der Waals surface area (Å²) in [6, 6.07) is 7.45. The van der Waals surface area contributed by atoms with Crippen molar-refractivity contribution in [1.29, 1.82) is 0 Å². The van der Waals surface area contributed by atoms with E-state index in [2.05, 4.69) is 24.5 Å². The fourth-order valence-corrected chi connectivity index (χ4v) is 1.75. The molecule has 4 heteroatoms. The summed E-state index contributed by atoms with van der Waals surface area (Å²) in [5.74, 6) is 1.59. The monoisotopic (exact) mass is 284 g/mol. The summed E-state index contributed by atoms with van der Waals surface area (Å²) in [5.41, 5.74) is 0. The van der Waals surface area contributed by atoms with Crippen LogP contribution in [0.4, 0.5) is 0 Å². The maximum absolute atomic E-state index is 5.80. The largest absolute Gasteiger partial charge is 0.492 e. The molecule has 1 aromatic carbocycles. The molecule has 19 heavy (non-hydrogen) atoms. The number of hydrogen-bond acceptors (Lipinski definition) is 3. The molecule has 108 valence electrons. The molecule has 0 heterocycles. The molecule has 0 amide bonds. The van der Waals surface area contributed by atoms with Gasteiger partial charge >= 0.3 is 0 Å². The molecule has 0 bridgehead atoms. The molecule has 1 aromatic rings. The number of halogens is 1. The molecule has 0 aliphatic rings. The summed E-state index contributed by atoms with van der Waals surface area (Å²) in [6.45, 7) is 9.19. The Balaban J connectivity index is 1.90. The van der Waals surface area contributed by atoms with E-state index >= 15 is 0 Å². The second-order valence-electron chi connectivity index (χ2n) is 5.00. The first-order chi connectivity index (χ1) is 9.18. The average Bonchev–Trinajstić information content (AvgIpc) is 2.38. The first-order valence-electron chi connectivity index (χ1n) is 6.98. The van der Waals surface area contributed by atoms with Gasteiger partial charge < -0.3 is 15.4 Å².